The van der Waals surface area contributed by atoms with E-state index in [-0.39, 0.29) is 5.91 Å². The maximum atomic E-state index is 12.7. The zero-order chi connectivity index (χ0) is 20.5. The molecule has 0 saturated heterocycles. The minimum absolute atomic E-state index is 0.238. The number of nitrogens with one attached hydrogen (secondary N) is 1. The third kappa shape index (κ3) is 5.85. The summed E-state index contributed by atoms with van der Waals surface area (Å²) in [5.74, 6) is 1.51. The quantitative estimate of drug-likeness (QED) is 0.539. The molecule has 3 aromatic rings. The molecule has 1 heterocycles. The molecule has 0 fully saturated rings. The van der Waals surface area contributed by atoms with Crippen LogP contribution >= 0.6 is 0 Å². The Balaban J connectivity index is 1.68. The van der Waals surface area contributed by atoms with Gasteiger partial charge in [0.2, 0.25) is 0 Å². The van der Waals surface area contributed by atoms with Crippen molar-refractivity contribution in [1.29, 1.82) is 0 Å². The molecule has 1 amide bonds. The summed E-state index contributed by atoms with van der Waals surface area (Å²) in [5, 5.41) is 7.27. The van der Waals surface area contributed by atoms with Crippen LogP contribution in [0.15, 0.2) is 60.8 Å². The fraction of sp³-hybridized carbons (Fsp3) is 0.304. The molecule has 0 radical (unpaired) electrons. The van der Waals surface area contributed by atoms with Crippen molar-refractivity contribution in [1.82, 2.24) is 9.78 Å². The molecule has 0 unspecified atom stereocenters. The molecule has 0 bridgehead atoms. The van der Waals surface area contributed by atoms with Crippen LogP contribution in [0.5, 0.6) is 11.5 Å². The molecule has 152 valence electrons. The summed E-state index contributed by atoms with van der Waals surface area (Å²) < 4.78 is 13.3. The lowest BCUT2D eigenvalue weighted by Crippen LogP contribution is -2.13. The number of ether oxygens (including phenoxy) is 2. The zero-order valence-corrected chi connectivity index (χ0v) is 16.9. The van der Waals surface area contributed by atoms with Gasteiger partial charge in [-0.1, -0.05) is 44.2 Å². The van der Waals surface area contributed by atoms with Crippen molar-refractivity contribution >= 4 is 11.7 Å². The molecule has 0 aliphatic carbocycles. The number of carbonyl (C=O) groups is 1. The molecule has 1 N–H and O–H groups in total. The van der Waals surface area contributed by atoms with E-state index in [2.05, 4.69) is 10.4 Å². The van der Waals surface area contributed by atoms with Gasteiger partial charge in [-0.05, 0) is 36.6 Å². The van der Waals surface area contributed by atoms with E-state index in [1.54, 1.807) is 28.9 Å². The van der Waals surface area contributed by atoms with Gasteiger partial charge in [-0.2, -0.15) is 5.10 Å². The van der Waals surface area contributed by atoms with E-state index in [0.717, 1.165) is 18.4 Å². The van der Waals surface area contributed by atoms with Gasteiger partial charge in [0.1, 0.15) is 0 Å². The molecular weight excluding hydrogens is 366 g/mol. The molecular formula is C23H27N3O3. The van der Waals surface area contributed by atoms with E-state index in [1.807, 2.05) is 50.4 Å². The topological polar surface area (TPSA) is 65.4 Å². The number of rotatable bonds is 10. The van der Waals surface area contributed by atoms with E-state index in [1.165, 1.54) is 0 Å². The van der Waals surface area contributed by atoms with Gasteiger partial charge < -0.3 is 14.8 Å². The van der Waals surface area contributed by atoms with Crippen molar-refractivity contribution in [3.8, 4) is 11.5 Å². The lowest BCUT2D eigenvalue weighted by molar-refractivity contribution is 0.102. The first kappa shape index (κ1) is 20.5. The van der Waals surface area contributed by atoms with Gasteiger partial charge in [-0.25, -0.2) is 0 Å². The number of aromatic nitrogens is 2. The van der Waals surface area contributed by atoms with Gasteiger partial charge in [-0.15, -0.1) is 0 Å². The normalized spacial score (nSPS) is 10.6. The zero-order valence-electron chi connectivity index (χ0n) is 16.9. The number of hydrogen-bond donors (Lipinski definition) is 1. The van der Waals surface area contributed by atoms with E-state index in [4.69, 9.17) is 9.47 Å². The molecule has 0 aliphatic heterocycles. The van der Waals surface area contributed by atoms with Gasteiger partial charge >= 0.3 is 0 Å². The van der Waals surface area contributed by atoms with Gasteiger partial charge in [0.05, 0.1) is 19.8 Å². The van der Waals surface area contributed by atoms with Crippen molar-refractivity contribution in [2.24, 2.45) is 0 Å². The standard InChI is InChI=1S/C23H27N3O3/c1-3-14-28-20-11-10-19(16-21(20)29-15-4-2)23(27)24-22-12-13-26(25-22)17-18-8-6-5-7-9-18/h5-13,16H,3-4,14-15,17H2,1-2H3,(H,24,25,27). The lowest BCUT2D eigenvalue weighted by Gasteiger charge is -2.13. The van der Waals surface area contributed by atoms with Crippen molar-refractivity contribution in [3.63, 3.8) is 0 Å². The smallest absolute Gasteiger partial charge is 0.257 e. The molecule has 2 aromatic carbocycles. The maximum absolute atomic E-state index is 12.7. The first-order valence-corrected chi connectivity index (χ1v) is 9.98. The Hall–Kier alpha value is -3.28. The van der Waals surface area contributed by atoms with Gasteiger partial charge in [0.25, 0.3) is 5.91 Å². The van der Waals surface area contributed by atoms with Crippen molar-refractivity contribution in [2.45, 2.75) is 33.2 Å². The Morgan fingerprint density at radius 2 is 1.69 bits per heavy atom. The Kier molecular flexibility index (Phi) is 7.28. The number of carbonyl (C=O) groups excluding carboxylic acids is 1. The van der Waals surface area contributed by atoms with E-state index in [0.29, 0.717) is 42.6 Å². The van der Waals surface area contributed by atoms with Crippen LogP contribution in [0.2, 0.25) is 0 Å². The lowest BCUT2D eigenvalue weighted by atomic mass is 10.2. The molecule has 0 aliphatic rings. The maximum Gasteiger partial charge on any atom is 0.257 e. The van der Waals surface area contributed by atoms with Crippen LogP contribution < -0.4 is 14.8 Å². The predicted octanol–water partition coefficient (Wildman–Crippen LogP) is 4.76. The van der Waals surface area contributed by atoms with Crippen LogP contribution in [0.3, 0.4) is 0 Å². The summed E-state index contributed by atoms with van der Waals surface area (Å²) >= 11 is 0. The first-order valence-electron chi connectivity index (χ1n) is 9.98. The fourth-order valence-corrected chi connectivity index (χ4v) is 2.78. The van der Waals surface area contributed by atoms with Crippen molar-refractivity contribution < 1.29 is 14.3 Å². The third-order valence-corrected chi connectivity index (χ3v) is 4.20. The minimum Gasteiger partial charge on any atom is -0.490 e. The highest BCUT2D eigenvalue weighted by molar-refractivity contribution is 6.04. The van der Waals surface area contributed by atoms with E-state index in [9.17, 15) is 4.79 Å². The van der Waals surface area contributed by atoms with Crippen LogP contribution in [0, 0.1) is 0 Å². The molecule has 29 heavy (non-hydrogen) atoms. The van der Waals surface area contributed by atoms with Crippen LogP contribution in [0.25, 0.3) is 0 Å². The summed E-state index contributed by atoms with van der Waals surface area (Å²) in [6.07, 6.45) is 3.63. The van der Waals surface area contributed by atoms with E-state index < -0.39 is 0 Å². The number of amides is 1. The first-order chi connectivity index (χ1) is 14.2. The molecule has 6 nitrogen and oxygen atoms in total. The van der Waals surface area contributed by atoms with Crippen molar-refractivity contribution in [3.05, 3.63) is 71.9 Å². The van der Waals surface area contributed by atoms with E-state index >= 15 is 0 Å². The second-order valence-electron chi connectivity index (χ2n) is 6.70. The molecule has 0 atom stereocenters. The Labute approximate surface area is 171 Å². The highest BCUT2D eigenvalue weighted by Crippen LogP contribution is 2.29. The Morgan fingerprint density at radius 1 is 0.966 bits per heavy atom. The SMILES string of the molecule is CCCOc1ccc(C(=O)Nc2ccn(Cc3ccccc3)n2)cc1OCCC. The van der Waals surface area contributed by atoms with Crippen LogP contribution in [0.1, 0.15) is 42.6 Å². The molecule has 0 spiro atoms. The summed E-state index contributed by atoms with van der Waals surface area (Å²) in [7, 11) is 0. The summed E-state index contributed by atoms with van der Waals surface area (Å²) in [6, 6.07) is 17.1. The fourth-order valence-electron chi connectivity index (χ4n) is 2.78. The second kappa shape index (κ2) is 10.3. The number of hydrogen-bond acceptors (Lipinski definition) is 4. The predicted molar refractivity (Wildman–Crippen MR) is 114 cm³/mol. The Bertz CT molecular complexity index is 922. The number of nitrogens with zero attached hydrogens (tertiary/aromatic N) is 2. The summed E-state index contributed by atoms with van der Waals surface area (Å²) in [5.41, 5.74) is 1.64. The second-order valence-corrected chi connectivity index (χ2v) is 6.70. The summed E-state index contributed by atoms with van der Waals surface area (Å²) in [6.45, 7) is 5.90. The molecule has 6 heteroatoms. The monoisotopic (exact) mass is 393 g/mol. The minimum atomic E-state index is -0.238. The van der Waals surface area contributed by atoms with Crippen LogP contribution in [-0.4, -0.2) is 28.9 Å². The molecule has 3 rings (SSSR count). The average Bonchev–Trinajstić information content (AvgIpc) is 3.18. The van der Waals surface area contributed by atoms with Gasteiger partial charge in [-0.3, -0.25) is 9.48 Å². The third-order valence-electron chi connectivity index (χ3n) is 4.20. The largest absolute Gasteiger partial charge is 0.490 e. The highest BCUT2D eigenvalue weighted by Gasteiger charge is 2.13. The average molecular weight is 393 g/mol. The van der Waals surface area contributed by atoms with Crippen LogP contribution in [-0.2, 0) is 6.54 Å². The molecule has 0 saturated carbocycles. The summed E-state index contributed by atoms with van der Waals surface area (Å²) in [4.78, 5) is 12.7. The number of anilines is 1. The van der Waals surface area contributed by atoms with Gasteiger partial charge in [0.15, 0.2) is 17.3 Å². The van der Waals surface area contributed by atoms with Crippen LogP contribution in [0.4, 0.5) is 5.82 Å². The van der Waals surface area contributed by atoms with Crippen molar-refractivity contribution in [2.75, 3.05) is 18.5 Å². The molecule has 1 aromatic heterocycles. The highest BCUT2D eigenvalue weighted by atomic mass is 16.5. The Morgan fingerprint density at radius 3 is 2.41 bits per heavy atom. The number of benzene rings is 2. The van der Waals surface area contributed by atoms with Gasteiger partial charge in [0, 0.05) is 17.8 Å².